The van der Waals surface area contributed by atoms with Gasteiger partial charge in [-0.25, -0.2) is 4.98 Å². The molecule has 1 aromatic rings. The van der Waals surface area contributed by atoms with Gasteiger partial charge in [0.15, 0.2) is 0 Å². The molecule has 4 heteroatoms. The Kier molecular flexibility index (Phi) is 3.59. The van der Waals surface area contributed by atoms with Crippen molar-refractivity contribution in [2.24, 2.45) is 5.41 Å². The zero-order chi connectivity index (χ0) is 14.1. The normalized spacial score (nSPS) is 33.9. The Bertz CT molecular complexity index is 474. The van der Waals surface area contributed by atoms with Crippen LogP contribution in [0.2, 0.25) is 0 Å². The number of ether oxygens (including phenoxy) is 1. The summed E-state index contributed by atoms with van der Waals surface area (Å²) >= 11 is 0. The molecule has 0 bridgehead atoms. The summed E-state index contributed by atoms with van der Waals surface area (Å²) in [5, 5.41) is 0. The van der Waals surface area contributed by atoms with E-state index in [-0.39, 0.29) is 0 Å². The van der Waals surface area contributed by atoms with Gasteiger partial charge in [0.05, 0.1) is 6.61 Å². The van der Waals surface area contributed by atoms with Gasteiger partial charge in [-0.15, -0.1) is 0 Å². The number of piperidine rings is 1. The van der Waals surface area contributed by atoms with Crippen LogP contribution in [-0.2, 0) is 4.74 Å². The van der Waals surface area contributed by atoms with E-state index in [4.69, 9.17) is 4.74 Å². The highest BCUT2D eigenvalue weighted by Crippen LogP contribution is 2.41. The quantitative estimate of drug-likeness (QED) is 0.833. The average Bonchev–Trinajstić information content (AvgIpc) is 3.19. The van der Waals surface area contributed by atoms with Crippen molar-refractivity contribution >= 4 is 5.82 Å². The molecule has 0 saturated carbocycles. The van der Waals surface area contributed by atoms with Gasteiger partial charge < -0.3 is 9.64 Å². The van der Waals surface area contributed by atoms with E-state index in [0.29, 0.717) is 11.5 Å². The van der Waals surface area contributed by atoms with Crippen LogP contribution in [0.3, 0.4) is 0 Å². The van der Waals surface area contributed by atoms with Crippen molar-refractivity contribution in [1.29, 1.82) is 0 Å². The first kappa shape index (κ1) is 13.5. The molecule has 3 saturated heterocycles. The standard InChI is InChI=1S/C17H25N3O/c1-2-8-18-16(4-1)20-9-3-6-17(14-20)7-10-19(13-17)15-5-11-21-12-15/h1-2,4,8,15H,3,5-7,9-14H2/t15-,17-/m1/s1. The summed E-state index contributed by atoms with van der Waals surface area (Å²) in [5.74, 6) is 1.15. The molecule has 2 atom stereocenters. The Morgan fingerprint density at radius 3 is 3.00 bits per heavy atom. The van der Waals surface area contributed by atoms with Gasteiger partial charge in [0.25, 0.3) is 0 Å². The Balaban J connectivity index is 1.45. The van der Waals surface area contributed by atoms with Crippen molar-refractivity contribution in [2.75, 3.05) is 44.3 Å². The van der Waals surface area contributed by atoms with E-state index in [1.165, 1.54) is 45.3 Å². The summed E-state index contributed by atoms with van der Waals surface area (Å²) in [6.45, 7) is 6.74. The number of hydrogen-bond acceptors (Lipinski definition) is 4. The summed E-state index contributed by atoms with van der Waals surface area (Å²) in [6.07, 6.45) is 7.15. The SMILES string of the molecule is c1ccc(N2CCC[C@]3(CCN([C@@H]4CCOC4)C3)C2)nc1. The third-order valence-corrected chi connectivity index (χ3v) is 5.52. The third kappa shape index (κ3) is 2.67. The van der Waals surface area contributed by atoms with Crippen LogP contribution in [0.25, 0.3) is 0 Å². The Labute approximate surface area is 127 Å². The van der Waals surface area contributed by atoms with E-state index in [2.05, 4.69) is 26.9 Å². The number of likely N-dealkylation sites (tertiary alicyclic amines) is 1. The minimum Gasteiger partial charge on any atom is -0.380 e. The van der Waals surface area contributed by atoms with E-state index in [1.807, 2.05) is 12.3 Å². The maximum atomic E-state index is 5.57. The van der Waals surface area contributed by atoms with Crippen molar-refractivity contribution in [1.82, 2.24) is 9.88 Å². The third-order valence-electron chi connectivity index (χ3n) is 5.52. The summed E-state index contributed by atoms with van der Waals surface area (Å²) in [5.41, 5.74) is 0.484. The predicted octanol–water partition coefficient (Wildman–Crippen LogP) is 2.16. The number of anilines is 1. The molecule has 0 radical (unpaired) electrons. The zero-order valence-electron chi connectivity index (χ0n) is 12.7. The molecule has 0 aliphatic carbocycles. The van der Waals surface area contributed by atoms with Crippen LogP contribution < -0.4 is 4.90 Å². The van der Waals surface area contributed by atoms with Crippen molar-refractivity contribution in [3.63, 3.8) is 0 Å². The number of hydrogen-bond donors (Lipinski definition) is 0. The van der Waals surface area contributed by atoms with Crippen LogP contribution in [0.1, 0.15) is 25.7 Å². The summed E-state index contributed by atoms with van der Waals surface area (Å²) < 4.78 is 5.57. The highest BCUT2D eigenvalue weighted by molar-refractivity contribution is 5.39. The summed E-state index contributed by atoms with van der Waals surface area (Å²) in [6, 6.07) is 6.92. The molecule has 3 aliphatic rings. The maximum Gasteiger partial charge on any atom is 0.128 e. The van der Waals surface area contributed by atoms with E-state index in [9.17, 15) is 0 Å². The van der Waals surface area contributed by atoms with E-state index in [1.54, 1.807) is 0 Å². The van der Waals surface area contributed by atoms with E-state index in [0.717, 1.165) is 25.6 Å². The number of aromatic nitrogens is 1. The predicted molar refractivity (Wildman–Crippen MR) is 83.5 cm³/mol. The molecule has 4 nitrogen and oxygen atoms in total. The fourth-order valence-electron chi connectivity index (χ4n) is 4.37. The van der Waals surface area contributed by atoms with Gasteiger partial charge >= 0.3 is 0 Å². The molecule has 3 aliphatic heterocycles. The van der Waals surface area contributed by atoms with Gasteiger partial charge in [-0.3, -0.25) is 4.90 Å². The first-order valence-corrected chi connectivity index (χ1v) is 8.33. The van der Waals surface area contributed by atoms with Crippen LogP contribution in [-0.4, -0.2) is 55.3 Å². The van der Waals surface area contributed by atoms with Crippen molar-refractivity contribution in [3.05, 3.63) is 24.4 Å². The van der Waals surface area contributed by atoms with Crippen molar-refractivity contribution in [2.45, 2.75) is 31.7 Å². The smallest absolute Gasteiger partial charge is 0.128 e. The molecule has 0 aromatic carbocycles. The molecule has 0 unspecified atom stereocenters. The van der Waals surface area contributed by atoms with Crippen LogP contribution >= 0.6 is 0 Å². The molecule has 0 amide bonds. The number of nitrogens with zero attached hydrogens (tertiary/aromatic N) is 3. The molecule has 1 spiro atoms. The van der Waals surface area contributed by atoms with Gasteiger partial charge in [-0.05, 0) is 44.4 Å². The summed E-state index contributed by atoms with van der Waals surface area (Å²) in [7, 11) is 0. The van der Waals surface area contributed by atoms with Gasteiger partial charge in [0.2, 0.25) is 0 Å². The van der Waals surface area contributed by atoms with Crippen molar-refractivity contribution < 1.29 is 4.74 Å². The second-order valence-corrected chi connectivity index (χ2v) is 6.95. The highest BCUT2D eigenvalue weighted by Gasteiger charge is 2.43. The summed E-state index contributed by atoms with van der Waals surface area (Å²) in [4.78, 5) is 9.73. The van der Waals surface area contributed by atoms with Crippen LogP contribution in [0.4, 0.5) is 5.82 Å². The maximum absolute atomic E-state index is 5.57. The second kappa shape index (κ2) is 5.58. The van der Waals surface area contributed by atoms with Crippen LogP contribution in [0, 0.1) is 5.41 Å². The zero-order valence-corrected chi connectivity index (χ0v) is 12.7. The van der Waals surface area contributed by atoms with Gasteiger partial charge in [-0.2, -0.15) is 0 Å². The lowest BCUT2D eigenvalue weighted by Gasteiger charge is -2.41. The van der Waals surface area contributed by atoms with Gasteiger partial charge in [0.1, 0.15) is 5.82 Å². The minimum absolute atomic E-state index is 0.484. The molecule has 21 heavy (non-hydrogen) atoms. The Hall–Kier alpha value is -1.13. The highest BCUT2D eigenvalue weighted by atomic mass is 16.5. The molecular formula is C17H25N3O. The van der Waals surface area contributed by atoms with Crippen LogP contribution in [0.5, 0.6) is 0 Å². The molecule has 0 N–H and O–H groups in total. The molecular weight excluding hydrogens is 262 g/mol. The molecule has 114 valence electrons. The molecule has 4 heterocycles. The lowest BCUT2D eigenvalue weighted by Crippen LogP contribution is -2.46. The second-order valence-electron chi connectivity index (χ2n) is 6.95. The first-order chi connectivity index (χ1) is 10.3. The van der Waals surface area contributed by atoms with Gasteiger partial charge in [-0.1, -0.05) is 6.07 Å². The Morgan fingerprint density at radius 2 is 2.19 bits per heavy atom. The van der Waals surface area contributed by atoms with Crippen molar-refractivity contribution in [3.8, 4) is 0 Å². The lowest BCUT2D eigenvalue weighted by atomic mass is 9.79. The fraction of sp³-hybridized carbons (Fsp3) is 0.706. The topological polar surface area (TPSA) is 28.6 Å². The monoisotopic (exact) mass is 287 g/mol. The largest absolute Gasteiger partial charge is 0.380 e. The molecule has 4 rings (SSSR count). The van der Waals surface area contributed by atoms with E-state index >= 15 is 0 Å². The van der Waals surface area contributed by atoms with E-state index < -0.39 is 0 Å². The first-order valence-electron chi connectivity index (χ1n) is 8.33. The Morgan fingerprint density at radius 1 is 1.19 bits per heavy atom. The van der Waals surface area contributed by atoms with Gasteiger partial charge in [0, 0.05) is 43.9 Å². The molecule has 3 fully saturated rings. The average molecular weight is 287 g/mol. The fourth-order valence-corrected chi connectivity index (χ4v) is 4.37. The molecule has 1 aromatic heterocycles. The van der Waals surface area contributed by atoms with Crippen LogP contribution in [0.15, 0.2) is 24.4 Å². The number of pyridine rings is 1. The lowest BCUT2D eigenvalue weighted by molar-refractivity contribution is 0.144. The minimum atomic E-state index is 0.484. The number of rotatable bonds is 2.